The van der Waals surface area contributed by atoms with E-state index in [0.29, 0.717) is 11.6 Å². The average molecular weight is 307 g/mol. The summed E-state index contributed by atoms with van der Waals surface area (Å²) in [4.78, 5) is 11.1. The monoisotopic (exact) mass is 305 g/mol. The van der Waals surface area contributed by atoms with E-state index < -0.39 is 0 Å². The normalized spacial score (nSPS) is 12.2. The topological polar surface area (TPSA) is 38.3 Å². The Bertz CT molecular complexity index is 384. The molecule has 0 heterocycles. The molecule has 16 heavy (non-hydrogen) atoms. The summed E-state index contributed by atoms with van der Waals surface area (Å²) in [5.74, 6) is -0.275. The molecule has 0 spiro atoms. The van der Waals surface area contributed by atoms with E-state index in [1.165, 1.54) is 7.11 Å². The Labute approximate surface area is 108 Å². The van der Waals surface area contributed by atoms with Crippen molar-refractivity contribution in [3.05, 3.63) is 33.3 Å². The number of nitrogens with one attached hydrogen (secondary N) is 1. The molecule has 0 saturated carbocycles. The lowest BCUT2D eigenvalue weighted by Crippen LogP contribution is -2.34. The van der Waals surface area contributed by atoms with Crippen LogP contribution in [0.3, 0.4) is 0 Å². The number of carbonyl (C=O) groups is 1. The number of esters is 1. The zero-order chi connectivity index (χ0) is 12.1. The molecule has 0 saturated heterocycles. The van der Waals surface area contributed by atoms with Crippen LogP contribution in [0, 0.1) is 0 Å². The van der Waals surface area contributed by atoms with Gasteiger partial charge in [-0.25, -0.2) is 0 Å². The second kappa shape index (κ2) is 6.23. The molecule has 5 heteroatoms. The molecule has 0 amide bonds. The summed E-state index contributed by atoms with van der Waals surface area (Å²) in [5, 5.41) is 3.71. The summed E-state index contributed by atoms with van der Waals surface area (Å²) in [7, 11) is 1.37. The van der Waals surface area contributed by atoms with Gasteiger partial charge in [0, 0.05) is 11.0 Å². The molecule has 0 aliphatic carbocycles. The summed E-state index contributed by atoms with van der Waals surface area (Å²) in [6, 6.07) is 5.34. The molecule has 0 radical (unpaired) electrons. The summed E-state index contributed by atoms with van der Waals surface area (Å²) >= 11 is 9.27. The first kappa shape index (κ1) is 13.5. The minimum Gasteiger partial charge on any atom is -0.468 e. The number of benzene rings is 1. The number of hydrogen-bond acceptors (Lipinski definition) is 3. The fraction of sp³-hybridized carbons (Fsp3) is 0.364. The Kier molecular flexibility index (Phi) is 5.25. The van der Waals surface area contributed by atoms with E-state index in [9.17, 15) is 4.79 Å². The van der Waals surface area contributed by atoms with Gasteiger partial charge < -0.3 is 10.1 Å². The van der Waals surface area contributed by atoms with Gasteiger partial charge in [-0.05, 0) is 40.5 Å². The highest BCUT2D eigenvalue weighted by Gasteiger charge is 2.11. The minimum atomic E-state index is -0.326. The van der Waals surface area contributed by atoms with E-state index in [0.717, 1.165) is 10.0 Å². The van der Waals surface area contributed by atoms with Crippen molar-refractivity contribution < 1.29 is 9.53 Å². The highest BCUT2D eigenvalue weighted by Crippen LogP contribution is 2.23. The van der Waals surface area contributed by atoms with E-state index in [1.807, 2.05) is 18.2 Å². The minimum absolute atomic E-state index is 0.275. The van der Waals surface area contributed by atoms with Crippen LogP contribution >= 0.6 is 27.5 Å². The molecule has 3 nitrogen and oxygen atoms in total. The van der Waals surface area contributed by atoms with Crippen molar-refractivity contribution in [2.75, 3.05) is 7.11 Å². The van der Waals surface area contributed by atoms with Gasteiger partial charge in [0.05, 0.1) is 12.1 Å². The van der Waals surface area contributed by atoms with Crippen LogP contribution in [0.15, 0.2) is 22.7 Å². The molecular weight excluding hydrogens is 293 g/mol. The molecule has 1 rings (SSSR count). The van der Waals surface area contributed by atoms with Gasteiger partial charge in [0.1, 0.15) is 6.04 Å². The molecule has 1 N–H and O–H groups in total. The fourth-order valence-corrected chi connectivity index (χ4v) is 1.63. The summed E-state index contributed by atoms with van der Waals surface area (Å²) in [6.45, 7) is 2.33. The maximum Gasteiger partial charge on any atom is 0.322 e. The molecule has 0 aromatic heterocycles. The number of rotatable bonds is 4. The SMILES string of the molecule is COC(=O)[C@H](C)NCc1ccc(Br)c(Cl)c1. The maximum absolute atomic E-state index is 11.1. The number of methoxy groups -OCH3 is 1. The van der Waals surface area contributed by atoms with Gasteiger partial charge in [-0.2, -0.15) is 0 Å². The van der Waals surface area contributed by atoms with Gasteiger partial charge >= 0.3 is 5.97 Å². The van der Waals surface area contributed by atoms with Crippen molar-refractivity contribution >= 4 is 33.5 Å². The quantitative estimate of drug-likeness (QED) is 0.869. The third-order valence-corrected chi connectivity index (χ3v) is 3.38. The highest BCUT2D eigenvalue weighted by atomic mass is 79.9. The van der Waals surface area contributed by atoms with E-state index in [4.69, 9.17) is 11.6 Å². The maximum atomic E-state index is 11.1. The molecule has 0 aliphatic rings. The first-order chi connectivity index (χ1) is 7.54. The largest absolute Gasteiger partial charge is 0.468 e. The Morgan fingerprint density at radius 3 is 2.88 bits per heavy atom. The zero-order valence-corrected chi connectivity index (χ0v) is 11.4. The Balaban J connectivity index is 2.55. The molecule has 1 atom stereocenters. The van der Waals surface area contributed by atoms with Crippen LogP contribution in [0.5, 0.6) is 0 Å². The predicted octanol–water partition coefficient (Wildman–Crippen LogP) is 2.75. The lowest BCUT2D eigenvalue weighted by Gasteiger charge is -2.11. The first-order valence-corrected chi connectivity index (χ1v) is 5.97. The number of hydrogen-bond donors (Lipinski definition) is 1. The Hall–Kier alpha value is -0.580. The molecule has 88 valence electrons. The molecule has 1 aromatic rings. The zero-order valence-electron chi connectivity index (χ0n) is 9.09. The highest BCUT2D eigenvalue weighted by molar-refractivity contribution is 9.10. The van der Waals surface area contributed by atoms with Crippen molar-refractivity contribution in [1.82, 2.24) is 5.32 Å². The lowest BCUT2D eigenvalue weighted by atomic mass is 10.2. The molecule has 1 aromatic carbocycles. The smallest absolute Gasteiger partial charge is 0.322 e. The molecule has 0 fully saturated rings. The first-order valence-electron chi connectivity index (χ1n) is 4.79. The fourth-order valence-electron chi connectivity index (χ4n) is 1.18. The molecule has 0 aliphatic heterocycles. The average Bonchev–Trinajstić information content (AvgIpc) is 2.29. The number of halogens is 2. The van der Waals surface area contributed by atoms with E-state index >= 15 is 0 Å². The summed E-state index contributed by atoms with van der Waals surface area (Å²) < 4.78 is 5.47. The van der Waals surface area contributed by atoms with Crippen LogP contribution in [0.25, 0.3) is 0 Å². The van der Waals surface area contributed by atoms with Crippen LogP contribution in [-0.4, -0.2) is 19.1 Å². The van der Waals surface area contributed by atoms with Crippen molar-refractivity contribution in [2.45, 2.75) is 19.5 Å². The van der Waals surface area contributed by atoms with Crippen LogP contribution in [0.2, 0.25) is 5.02 Å². The van der Waals surface area contributed by atoms with E-state index in [-0.39, 0.29) is 12.0 Å². The van der Waals surface area contributed by atoms with Crippen molar-refractivity contribution in [3.8, 4) is 0 Å². The van der Waals surface area contributed by atoms with Gasteiger partial charge in [-0.3, -0.25) is 4.79 Å². The standard InChI is InChI=1S/C11H13BrClNO2/c1-7(11(15)16-2)14-6-8-3-4-9(12)10(13)5-8/h3-5,7,14H,6H2,1-2H3/t7-/m0/s1. The summed E-state index contributed by atoms with van der Waals surface area (Å²) in [6.07, 6.45) is 0. The van der Waals surface area contributed by atoms with Crippen molar-refractivity contribution in [2.24, 2.45) is 0 Å². The van der Waals surface area contributed by atoms with Crippen molar-refractivity contribution in [1.29, 1.82) is 0 Å². The van der Waals surface area contributed by atoms with Crippen molar-refractivity contribution in [3.63, 3.8) is 0 Å². The van der Waals surface area contributed by atoms with Crippen LogP contribution in [0.1, 0.15) is 12.5 Å². The van der Waals surface area contributed by atoms with Gasteiger partial charge in [0.25, 0.3) is 0 Å². The summed E-state index contributed by atoms with van der Waals surface area (Å²) in [5.41, 5.74) is 1.02. The van der Waals surface area contributed by atoms with Gasteiger partial charge in [0.15, 0.2) is 0 Å². The van der Waals surface area contributed by atoms with E-state index in [1.54, 1.807) is 6.92 Å². The Morgan fingerprint density at radius 1 is 1.62 bits per heavy atom. The van der Waals surface area contributed by atoms with Gasteiger partial charge in [-0.1, -0.05) is 17.7 Å². The molecule has 0 unspecified atom stereocenters. The van der Waals surface area contributed by atoms with E-state index in [2.05, 4.69) is 26.0 Å². The Morgan fingerprint density at radius 2 is 2.31 bits per heavy atom. The number of ether oxygens (including phenoxy) is 1. The van der Waals surface area contributed by atoms with Gasteiger partial charge in [0.2, 0.25) is 0 Å². The van der Waals surface area contributed by atoms with Gasteiger partial charge in [-0.15, -0.1) is 0 Å². The number of carbonyl (C=O) groups excluding carboxylic acids is 1. The van der Waals surface area contributed by atoms with Crippen LogP contribution < -0.4 is 5.32 Å². The predicted molar refractivity (Wildman–Crippen MR) is 67.5 cm³/mol. The third-order valence-electron chi connectivity index (χ3n) is 2.15. The second-order valence-electron chi connectivity index (χ2n) is 3.37. The molecular formula is C11H13BrClNO2. The molecule has 0 bridgehead atoms. The van der Waals surface area contributed by atoms with Crippen LogP contribution in [-0.2, 0) is 16.1 Å². The van der Waals surface area contributed by atoms with Crippen LogP contribution in [0.4, 0.5) is 0 Å². The second-order valence-corrected chi connectivity index (χ2v) is 4.64. The lowest BCUT2D eigenvalue weighted by molar-refractivity contribution is -0.142. The third kappa shape index (κ3) is 3.77.